The molecule has 0 aromatic heterocycles. The predicted molar refractivity (Wildman–Crippen MR) is 104 cm³/mol. The molecule has 0 aliphatic carbocycles. The van der Waals surface area contributed by atoms with Crippen molar-refractivity contribution in [1.29, 1.82) is 0 Å². The van der Waals surface area contributed by atoms with E-state index in [1.165, 1.54) is 11.1 Å². The molecule has 0 spiro atoms. The highest BCUT2D eigenvalue weighted by Gasteiger charge is 2.18. The van der Waals surface area contributed by atoms with Gasteiger partial charge in [0.05, 0.1) is 13.2 Å². The van der Waals surface area contributed by atoms with Gasteiger partial charge in [0.1, 0.15) is 0 Å². The fourth-order valence-electron chi connectivity index (χ4n) is 2.69. The number of hydrogen-bond acceptors (Lipinski definition) is 3. The van der Waals surface area contributed by atoms with Gasteiger partial charge in [-0.1, -0.05) is 24.3 Å². The summed E-state index contributed by atoms with van der Waals surface area (Å²) >= 11 is 0. The summed E-state index contributed by atoms with van der Waals surface area (Å²) in [7, 11) is 5.62. The van der Waals surface area contributed by atoms with E-state index in [0.29, 0.717) is 12.5 Å². The van der Waals surface area contributed by atoms with Gasteiger partial charge in [-0.3, -0.25) is 4.99 Å². The van der Waals surface area contributed by atoms with E-state index in [-0.39, 0.29) is 24.0 Å². The Balaban J connectivity index is 0.00000264. The lowest BCUT2D eigenvalue weighted by Crippen LogP contribution is -2.41. The van der Waals surface area contributed by atoms with Crippen molar-refractivity contribution in [2.45, 2.75) is 19.6 Å². The second kappa shape index (κ2) is 10.8. The molecule has 1 saturated heterocycles. The number of nitrogens with one attached hydrogen (secondary N) is 1. The standard InChI is InChI=1S/C17H27N3O2.HI/c1-18-17(20(2)11-16-8-9-22-13-16)19-10-14-4-6-15(7-5-14)12-21-3;/h4-7,16H,8-13H2,1-3H3,(H,18,19);1H. The summed E-state index contributed by atoms with van der Waals surface area (Å²) < 4.78 is 10.6. The first kappa shape index (κ1) is 20.2. The van der Waals surface area contributed by atoms with Crippen LogP contribution in [0.1, 0.15) is 17.5 Å². The topological polar surface area (TPSA) is 46.1 Å². The minimum Gasteiger partial charge on any atom is -0.381 e. The van der Waals surface area contributed by atoms with E-state index < -0.39 is 0 Å². The van der Waals surface area contributed by atoms with Crippen LogP contribution in [0.4, 0.5) is 0 Å². The second-order valence-corrected chi connectivity index (χ2v) is 5.76. The van der Waals surface area contributed by atoms with E-state index >= 15 is 0 Å². The molecule has 23 heavy (non-hydrogen) atoms. The Labute approximate surface area is 156 Å². The zero-order valence-corrected chi connectivity index (χ0v) is 16.6. The molecule has 1 aromatic rings. The Morgan fingerprint density at radius 2 is 2.04 bits per heavy atom. The quantitative estimate of drug-likeness (QED) is 0.426. The van der Waals surface area contributed by atoms with E-state index in [9.17, 15) is 0 Å². The van der Waals surface area contributed by atoms with Crippen LogP contribution < -0.4 is 5.32 Å². The summed E-state index contributed by atoms with van der Waals surface area (Å²) in [6, 6.07) is 8.45. The first-order valence-corrected chi connectivity index (χ1v) is 7.79. The van der Waals surface area contributed by atoms with E-state index in [1.54, 1.807) is 7.11 Å². The van der Waals surface area contributed by atoms with Gasteiger partial charge in [-0.15, -0.1) is 24.0 Å². The van der Waals surface area contributed by atoms with Gasteiger partial charge in [-0.05, 0) is 17.5 Å². The van der Waals surface area contributed by atoms with Gasteiger partial charge in [-0.25, -0.2) is 0 Å². The molecule has 0 bridgehead atoms. The smallest absolute Gasteiger partial charge is 0.193 e. The molecule has 1 aromatic carbocycles. The average Bonchev–Trinajstić information content (AvgIpc) is 3.03. The highest BCUT2D eigenvalue weighted by atomic mass is 127. The largest absolute Gasteiger partial charge is 0.381 e. The summed E-state index contributed by atoms with van der Waals surface area (Å²) in [6.07, 6.45) is 1.14. The molecule has 1 heterocycles. The third kappa shape index (κ3) is 6.64. The van der Waals surface area contributed by atoms with Crippen LogP contribution >= 0.6 is 24.0 Å². The number of benzene rings is 1. The lowest BCUT2D eigenvalue weighted by Gasteiger charge is -2.24. The first-order valence-electron chi connectivity index (χ1n) is 7.79. The molecule has 1 atom stereocenters. The number of methoxy groups -OCH3 is 1. The van der Waals surface area contributed by atoms with E-state index in [4.69, 9.17) is 9.47 Å². The molecular formula is C17H28IN3O2. The van der Waals surface area contributed by atoms with E-state index in [2.05, 4.69) is 46.5 Å². The number of nitrogens with zero attached hydrogens (tertiary/aromatic N) is 2. The molecule has 130 valence electrons. The van der Waals surface area contributed by atoms with E-state index in [1.807, 2.05) is 7.05 Å². The van der Waals surface area contributed by atoms with Crippen LogP contribution in [0.2, 0.25) is 0 Å². The van der Waals surface area contributed by atoms with Gasteiger partial charge in [-0.2, -0.15) is 0 Å². The number of aliphatic imine (C=N–C) groups is 1. The van der Waals surface area contributed by atoms with Crippen LogP contribution in [0.25, 0.3) is 0 Å². The Hall–Kier alpha value is -0.860. The normalized spacial score (nSPS) is 17.7. The molecule has 5 nitrogen and oxygen atoms in total. The third-order valence-electron chi connectivity index (χ3n) is 3.91. The molecule has 6 heteroatoms. The lowest BCUT2D eigenvalue weighted by molar-refractivity contribution is 0.181. The van der Waals surface area contributed by atoms with Crippen molar-refractivity contribution in [3.8, 4) is 0 Å². The molecule has 0 amide bonds. The van der Waals surface area contributed by atoms with Gasteiger partial charge in [0.25, 0.3) is 0 Å². The van der Waals surface area contributed by atoms with Crippen LogP contribution in [-0.2, 0) is 22.6 Å². The Kier molecular flexibility index (Phi) is 9.50. The minimum atomic E-state index is 0. The molecule has 0 saturated carbocycles. The first-order chi connectivity index (χ1) is 10.7. The highest BCUT2D eigenvalue weighted by Crippen LogP contribution is 2.13. The molecule has 1 aliphatic heterocycles. The second-order valence-electron chi connectivity index (χ2n) is 5.76. The fourth-order valence-corrected chi connectivity index (χ4v) is 2.69. The molecule has 0 radical (unpaired) electrons. The summed E-state index contributed by atoms with van der Waals surface area (Å²) in [5, 5.41) is 3.41. The summed E-state index contributed by atoms with van der Waals surface area (Å²) in [5.41, 5.74) is 2.42. The average molecular weight is 433 g/mol. The van der Waals surface area contributed by atoms with Gasteiger partial charge in [0.2, 0.25) is 0 Å². The molecule has 1 aliphatic rings. The fraction of sp³-hybridized carbons (Fsp3) is 0.588. The number of ether oxygens (including phenoxy) is 2. The number of guanidine groups is 1. The van der Waals surface area contributed by atoms with Crippen molar-refractivity contribution in [2.24, 2.45) is 10.9 Å². The maximum absolute atomic E-state index is 5.43. The molecule has 1 N–H and O–H groups in total. The third-order valence-corrected chi connectivity index (χ3v) is 3.91. The molecule has 2 rings (SSSR count). The SMILES string of the molecule is CN=C(NCc1ccc(COC)cc1)N(C)CC1CCOC1.I. The van der Waals surface area contributed by atoms with Gasteiger partial charge < -0.3 is 19.7 Å². The summed E-state index contributed by atoms with van der Waals surface area (Å²) in [5.74, 6) is 1.53. The Morgan fingerprint density at radius 3 is 2.61 bits per heavy atom. The zero-order valence-electron chi connectivity index (χ0n) is 14.2. The number of hydrogen-bond donors (Lipinski definition) is 1. The predicted octanol–water partition coefficient (Wildman–Crippen LogP) is 2.49. The lowest BCUT2D eigenvalue weighted by atomic mass is 10.1. The zero-order chi connectivity index (χ0) is 15.8. The minimum absolute atomic E-state index is 0. The maximum atomic E-state index is 5.43. The summed E-state index contributed by atoms with van der Waals surface area (Å²) in [4.78, 5) is 6.54. The van der Waals surface area contributed by atoms with Gasteiger partial charge >= 0.3 is 0 Å². The number of halogens is 1. The monoisotopic (exact) mass is 433 g/mol. The maximum Gasteiger partial charge on any atom is 0.193 e. The van der Waals surface area contributed by atoms with Crippen molar-refractivity contribution in [2.75, 3.05) is 41.0 Å². The summed E-state index contributed by atoms with van der Waals surface area (Å²) in [6.45, 7) is 4.15. The van der Waals surface area contributed by atoms with Crippen LogP contribution in [0.15, 0.2) is 29.3 Å². The van der Waals surface area contributed by atoms with Crippen LogP contribution in [-0.4, -0.2) is 51.8 Å². The van der Waals surface area contributed by atoms with Crippen molar-refractivity contribution >= 4 is 29.9 Å². The molecular weight excluding hydrogens is 405 g/mol. The van der Waals surface area contributed by atoms with Gasteiger partial charge in [0, 0.05) is 46.8 Å². The number of rotatable bonds is 6. The van der Waals surface area contributed by atoms with Crippen molar-refractivity contribution in [3.05, 3.63) is 35.4 Å². The molecule has 1 fully saturated rings. The highest BCUT2D eigenvalue weighted by molar-refractivity contribution is 14.0. The Bertz CT molecular complexity index is 473. The van der Waals surface area contributed by atoms with Crippen molar-refractivity contribution in [3.63, 3.8) is 0 Å². The van der Waals surface area contributed by atoms with E-state index in [0.717, 1.165) is 38.7 Å². The van der Waals surface area contributed by atoms with Crippen LogP contribution in [0, 0.1) is 5.92 Å². The van der Waals surface area contributed by atoms with Crippen LogP contribution in [0.3, 0.4) is 0 Å². The van der Waals surface area contributed by atoms with Crippen molar-refractivity contribution in [1.82, 2.24) is 10.2 Å². The molecule has 1 unspecified atom stereocenters. The van der Waals surface area contributed by atoms with Gasteiger partial charge in [0.15, 0.2) is 5.96 Å². The van der Waals surface area contributed by atoms with Crippen LogP contribution in [0.5, 0.6) is 0 Å². The Morgan fingerprint density at radius 1 is 1.35 bits per heavy atom. The van der Waals surface area contributed by atoms with Crippen molar-refractivity contribution < 1.29 is 9.47 Å².